The molecule has 3 rings (SSSR count). The van der Waals surface area contributed by atoms with Crippen LogP contribution in [-0.2, 0) is 6.42 Å². The summed E-state index contributed by atoms with van der Waals surface area (Å²) in [6.07, 6.45) is 1.11. The van der Waals surface area contributed by atoms with Crippen LogP contribution in [0.15, 0.2) is 48.0 Å². The van der Waals surface area contributed by atoms with Crippen LogP contribution in [0.3, 0.4) is 0 Å². The third-order valence-electron chi connectivity index (χ3n) is 4.50. The Bertz CT molecular complexity index is 780. The van der Waals surface area contributed by atoms with E-state index in [2.05, 4.69) is 88.6 Å². The molecule has 0 amide bonds. The maximum Gasteiger partial charge on any atom is 0.0799 e. The van der Waals surface area contributed by atoms with E-state index in [0.717, 1.165) is 6.42 Å². The van der Waals surface area contributed by atoms with Gasteiger partial charge in [-0.2, -0.15) is 0 Å². The summed E-state index contributed by atoms with van der Waals surface area (Å²) >= 11 is 0. The number of allylic oxidation sites excluding steroid dienone is 1. The molecule has 0 aromatic heterocycles. The monoisotopic (exact) mass is 334 g/mol. The Balaban J connectivity index is 2.29. The van der Waals surface area contributed by atoms with Gasteiger partial charge in [0.25, 0.3) is 0 Å². The fourth-order valence-electron chi connectivity index (χ4n) is 3.76. The lowest BCUT2D eigenvalue weighted by molar-refractivity contribution is 0.634. The van der Waals surface area contributed by atoms with Crippen LogP contribution in [-0.4, -0.2) is 14.3 Å². The summed E-state index contributed by atoms with van der Waals surface area (Å²) < 4.78 is 0. The smallest absolute Gasteiger partial charge is 0.0799 e. The van der Waals surface area contributed by atoms with Crippen molar-refractivity contribution in [2.75, 3.05) is 5.32 Å². The Morgan fingerprint density at radius 3 is 2.17 bits per heavy atom. The largest absolute Gasteiger partial charge is 0.380 e. The minimum Gasteiger partial charge on any atom is -0.380 e. The van der Waals surface area contributed by atoms with E-state index in [1.54, 1.807) is 10.8 Å². The van der Waals surface area contributed by atoms with Crippen LogP contribution in [0.4, 0.5) is 5.69 Å². The summed E-state index contributed by atoms with van der Waals surface area (Å²) in [7, 11) is -0.510. The quantitative estimate of drug-likeness (QED) is 0.660. The molecule has 1 aliphatic rings. The van der Waals surface area contributed by atoms with Crippen molar-refractivity contribution in [1.29, 1.82) is 0 Å². The second kappa shape index (κ2) is 6.25. The SMILES string of the molecule is CC1=C([Si](C)C)c2c(ccc(NC(C)(C)C)c2-c2ccccc2)C1. The molecule has 0 heterocycles. The zero-order valence-electron chi connectivity index (χ0n) is 15.7. The van der Waals surface area contributed by atoms with Crippen LogP contribution in [0, 0.1) is 0 Å². The zero-order valence-corrected chi connectivity index (χ0v) is 16.7. The number of hydrogen-bond acceptors (Lipinski definition) is 1. The van der Waals surface area contributed by atoms with Crippen LogP contribution in [0.25, 0.3) is 16.3 Å². The first-order chi connectivity index (χ1) is 11.3. The molecule has 2 aromatic rings. The van der Waals surface area contributed by atoms with E-state index in [4.69, 9.17) is 0 Å². The number of rotatable bonds is 3. The summed E-state index contributed by atoms with van der Waals surface area (Å²) in [4.78, 5) is 0. The van der Waals surface area contributed by atoms with Crippen molar-refractivity contribution in [2.24, 2.45) is 0 Å². The van der Waals surface area contributed by atoms with Crippen LogP contribution in [0.1, 0.15) is 38.8 Å². The van der Waals surface area contributed by atoms with Crippen molar-refractivity contribution < 1.29 is 0 Å². The molecule has 1 N–H and O–H groups in total. The van der Waals surface area contributed by atoms with Gasteiger partial charge in [0.1, 0.15) is 0 Å². The van der Waals surface area contributed by atoms with E-state index in [1.807, 2.05) is 0 Å². The number of nitrogens with one attached hydrogen (secondary N) is 1. The Morgan fingerprint density at radius 2 is 1.58 bits per heavy atom. The Hall–Kier alpha value is -1.80. The predicted octanol–water partition coefficient (Wildman–Crippen LogP) is 6.19. The predicted molar refractivity (Wildman–Crippen MR) is 109 cm³/mol. The van der Waals surface area contributed by atoms with Crippen LogP contribution in [0.2, 0.25) is 13.1 Å². The van der Waals surface area contributed by atoms with Crippen molar-refractivity contribution in [3.05, 3.63) is 59.2 Å². The minimum atomic E-state index is -0.510. The Kier molecular flexibility index (Phi) is 4.44. The molecular weight excluding hydrogens is 306 g/mol. The fraction of sp³-hybridized carbons (Fsp3) is 0.364. The minimum absolute atomic E-state index is 0.0432. The van der Waals surface area contributed by atoms with Gasteiger partial charge in [-0.25, -0.2) is 0 Å². The molecule has 0 fully saturated rings. The van der Waals surface area contributed by atoms with Crippen LogP contribution in [0.5, 0.6) is 0 Å². The average molecular weight is 335 g/mol. The number of anilines is 1. The van der Waals surface area contributed by atoms with Gasteiger partial charge in [0.2, 0.25) is 0 Å². The molecule has 1 radical (unpaired) electrons. The van der Waals surface area contributed by atoms with Gasteiger partial charge in [-0.1, -0.05) is 60.3 Å². The maximum absolute atomic E-state index is 3.74. The second-order valence-electron chi connectivity index (χ2n) is 8.10. The van der Waals surface area contributed by atoms with E-state index in [0.29, 0.717) is 0 Å². The lowest BCUT2D eigenvalue weighted by Gasteiger charge is -2.27. The summed E-state index contributed by atoms with van der Waals surface area (Å²) in [6.45, 7) is 13.8. The number of benzene rings is 2. The standard InChI is InChI=1S/C22H28NSi/c1-15-14-17-12-13-18(23-22(2,3)4)19(16-10-8-7-9-11-16)20(17)21(15)24(5)6/h7-13,23H,14H2,1-6H3. The van der Waals surface area contributed by atoms with Gasteiger partial charge in [0.05, 0.1) is 8.80 Å². The van der Waals surface area contributed by atoms with Gasteiger partial charge in [-0.15, -0.1) is 0 Å². The van der Waals surface area contributed by atoms with Crippen molar-refractivity contribution in [3.63, 3.8) is 0 Å². The lowest BCUT2D eigenvalue weighted by Crippen LogP contribution is -2.26. The van der Waals surface area contributed by atoms with E-state index >= 15 is 0 Å². The van der Waals surface area contributed by atoms with Gasteiger partial charge in [-0.3, -0.25) is 0 Å². The Labute approximate surface area is 148 Å². The third-order valence-corrected chi connectivity index (χ3v) is 6.17. The van der Waals surface area contributed by atoms with E-state index in [1.165, 1.54) is 27.9 Å². The van der Waals surface area contributed by atoms with E-state index < -0.39 is 8.80 Å². The molecule has 0 unspecified atom stereocenters. The van der Waals surface area contributed by atoms with E-state index in [9.17, 15) is 0 Å². The molecule has 24 heavy (non-hydrogen) atoms. The highest BCUT2D eigenvalue weighted by Crippen LogP contribution is 2.44. The molecule has 0 bridgehead atoms. The molecule has 0 spiro atoms. The summed E-state index contributed by atoms with van der Waals surface area (Å²) in [6, 6.07) is 15.5. The summed E-state index contributed by atoms with van der Waals surface area (Å²) in [5.74, 6) is 0. The molecule has 0 aliphatic heterocycles. The van der Waals surface area contributed by atoms with E-state index in [-0.39, 0.29) is 5.54 Å². The molecular formula is C22H28NSi. The summed E-state index contributed by atoms with van der Waals surface area (Å²) in [5.41, 5.74) is 8.56. The zero-order chi connectivity index (χ0) is 17.5. The third kappa shape index (κ3) is 3.20. The van der Waals surface area contributed by atoms with Gasteiger partial charge in [0, 0.05) is 16.8 Å². The molecule has 0 atom stereocenters. The summed E-state index contributed by atoms with van der Waals surface area (Å²) in [5, 5.41) is 5.37. The van der Waals surface area contributed by atoms with Crippen LogP contribution >= 0.6 is 0 Å². The first-order valence-electron chi connectivity index (χ1n) is 8.78. The molecule has 2 heteroatoms. The molecule has 0 saturated carbocycles. The molecule has 1 nitrogen and oxygen atoms in total. The van der Waals surface area contributed by atoms with Gasteiger partial charge >= 0.3 is 0 Å². The Morgan fingerprint density at radius 1 is 0.917 bits per heavy atom. The second-order valence-corrected chi connectivity index (χ2v) is 10.6. The van der Waals surface area contributed by atoms with Crippen molar-refractivity contribution >= 4 is 19.7 Å². The van der Waals surface area contributed by atoms with Crippen molar-refractivity contribution in [2.45, 2.75) is 52.7 Å². The van der Waals surface area contributed by atoms with Gasteiger partial charge in [-0.05, 0) is 56.9 Å². The van der Waals surface area contributed by atoms with Crippen molar-refractivity contribution in [1.82, 2.24) is 0 Å². The highest BCUT2D eigenvalue weighted by molar-refractivity contribution is 6.77. The topological polar surface area (TPSA) is 12.0 Å². The highest BCUT2D eigenvalue weighted by Gasteiger charge is 2.27. The average Bonchev–Trinajstić information content (AvgIpc) is 2.82. The molecule has 0 saturated heterocycles. The van der Waals surface area contributed by atoms with Crippen LogP contribution < -0.4 is 5.32 Å². The maximum atomic E-state index is 3.74. The molecule has 125 valence electrons. The van der Waals surface area contributed by atoms with Gasteiger partial charge in [0.15, 0.2) is 0 Å². The highest BCUT2D eigenvalue weighted by atomic mass is 28.3. The molecule has 2 aromatic carbocycles. The molecule has 1 aliphatic carbocycles. The van der Waals surface area contributed by atoms with Gasteiger partial charge < -0.3 is 5.32 Å². The first kappa shape index (κ1) is 17.0. The van der Waals surface area contributed by atoms with Crippen molar-refractivity contribution in [3.8, 4) is 11.1 Å². The lowest BCUT2D eigenvalue weighted by atomic mass is 9.94. The number of fused-ring (bicyclic) bond motifs is 1. The number of hydrogen-bond donors (Lipinski definition) is 1. The first-order valence-corrected chi connectivity index (χ1v) is 11.3. The fourth-order valence-corrected chi connectivity index (χ4v) is 5.48. The normalized spacial score (nSPS) is 14.3.